The molecule has 0 aromatic rings. The zero-order chi connectivity index (χ0) is 10.2. The SMILES string of the molecule is SCO[Si](OCS)(OCS)OCS. The van der Waals surface area contributed by atoms with E-state index < -0.39 is 9.05 Å². The molecule has 0 aliphatic heterocycles. The van der Waals surface area contributed by atoms with E-state index >= 15 is 0 Å². The average molecular weight is 280 g/mol. The van der Waals surface area contributed by atoms with Crippen molar-refractivity contribution >= 4 is 59.6 Å². The van der Waals surface area contributed by atoms with Crippen molar-refractivity contribution in [1.29, 1.82) is 0 Å². The van der Waals surface area contributed by atoms with Crippen molar-refractivity contribution in [2.24, 2.45) is 0 Å². The van der Waals surface area contributed by atoms with Crippen molar-refractivity contribution in [3.05, 3.63) is 0 Å². The normalized spacial score (nSPS) is 12.0. The van der Waals surface area contributed by atoms with Gasteiger partial charge in [-0.2, -0.15) is 50.5 Å². The molecule has 0 heterocycles. The summed E-state index contributed by atoms with van der Waals surface area (Å²) in [5.41, 5.74) is 0. The van der Waals surface area contributed by atoms with Crippen LogP contribution in [0.25, 0.3) is 0 Å². The van der Waals surface area contributed by atoms with Crippen molar-refractivity contribution in [3.63, 3.8) is 0 Å². The van der Waals surface area contributed by atoms with Crippen molar-refractivity contribution < 1.29 is 17.7 Å². The van der Waals surface area contributed by atoms with E-state index in [2.05, 4.69) is 50.5 Å². The van der Waals surface area contributed by atoms with Crippen LogP contribution in [0.1, 0.15) is 0 Å². The van der Waals surface area contributed by atoms with Crippen LogP contribution in [0, 0.1) is 0 Å². The van der Waals surface area contributed by atoms with Gasteiger partial charge in [-0.25, -0.2) is 0 Å². The molecular weight excluding hydrogens is 268 g/mol. The van der Waals surface area contributed by atoms with Gasteiger partial charge in [-0.15, -0.1) is 0 Å². The van der Waals surface area contributed by atoms with Gasteiger partial charge >= 0.3 is 9.05 Å². The number of rotatable bonds is 8. The summed E-state index contributed by atoms with van der Waals surface area (Å²) in [5, 5.41) is 0. The van der Waals surface area contributed by atoms with E-state index in [0.29, 0.717) is 0 Å². The highest BCUT2D eigenvalue weighted by Gasteiger charge is 2.45. The molecule has 0 aliphatic carbocycles. The van der Waals surface area contributed by atoms with Crippen LogP contribution in [0.5, 0.6) is 0 Å². The molecule has 0 amide bonds. The van der Waals surface area contributed by atoms with Crippen molar-refractivity contribution in [2.75, 3.05) is 23.8 Å². The Hall–Kier alpha value is 1.46. The van der Waals surface area contributed by atoms with E-state index in [9.17, 15) is 0 Å². The molecule has 0 saturated heterocycles. The Labute approximate surface area is 101 Å². The second-order valence-electron chi connectivity index (χ2n) is 1.59. The predicted octanol–water partition coefficient (Wildman–Crippen LogP) is 1.04. The summed E-state index contributed by atoms with van der Waals surface area (Å²) >= 11 is 15.6. The lowest BCUT2D eigenvalue weighted by molar-refractivity contribution is 0.00806. The van der Waals surface area contributed by atoms with Crippen molar-refractivity contribution in [3.8, 4) is 0 Å². The summed E-state index contributed by atoms with van der Waals surface area (Å²) in [6, 6.07) is 0. The molecule has 0 rings (SSSR count). The third-order valence-corrected chi connectivity index (χ3v) is 4.45. The summed E-state index contributed by atoms with van der Waals surface area (Å²) in [6.45, 7) is 0. The highest BCUT2D eigenvalue weighted by Crippen LogP contribution is 2.14. The Balaban J connectivity index is 4.19. The molecule has 13 heavy (non-hydrogen) atoms. The molecule has 80 valence electrons. The molecular formula is C4H12O4S4Si. The van der Waals surface area contributed by atoms with Gasteiger partial charge < -0.3 is 17.7 Å². The van der Waals surface area contributed by atoms with Gasteiger partial charge in [0.15, 0.2) is 0 Å². The number of thiol groups is 4. The van der Waals surface area contributed by atoms with E-state index in [1.54, 1.807) is 0 Å². The van der Waals surface area contributed by atoms with Gasteiger partial charge in [-0.3, -0.25) is 0 Å². The van der Waals surface area contributed by atoms with E-state index in [0.717, 1.165) is 0 Å². The van der Waals surface area contributed by atoms with Gasteiger partial charge in [0.1, 0.15) is 0 Å². The maximum absolute atomic E-state index is 5.14. The fraction of sp³-hybridized carbons (Fsp3) is 1.00. The largest absolute Gasteiger partial charge is 0.682 e. The third kappa shape index (κ3) is 5.80. The van der Waals surface area contributed by atoms with Crippen molar-refractivity contribution in [2.45, 2.75) is 0 Å². The smallest absolute Gasteiger partial charge is 0.342 e. The van der Waals surface area contributed by atoms with Crippen LogP contribution in [-0.2, 0) is 17.7 Å². The van der Waals surface area contributed by atoms with Gasteiger partial charge in [0.25, 0.3) is 0 Å². The summed E-state index contributed by atoms with van der Waals surface area (Å²) in [7, 11) is -3.10. The zero-order valence-corrected chi connectivity index (χ0v) is 11.3. The van der Waals surface area contributed by atoms with Crippen LogP contribution >= 0.6 is 50.5 Å². The Morgan fingerprint density at radius 2 is 0.846 bits per heavy atom. The third-order valence-electron chi connectivity index (χ3n) is 0.965. The monoisotopic (exact) mass is 280 g/mol. The number of hydrogen-bond acceptors (Lipinski definition) is 8. The molecule has 0 N–H and O–H groups in total. The molecule has 4 nitrogen and oxygen atoms in total. The fourth-order valence-corrected chi connectivity index (χ4v) is 3.60. The van der Waals surface area contributed by atoms with Gasteiger partial charge in [-0.05, 0) is 0 Å². The van der Waals surface area contributed by atoms with Gasteiger partial charge in [-0.1, -0.05) is 0 Å². The van der Waals surface area contributed by atoms with Crippen LogP contribution in [-0.4, -0.2) is 32.8 Å². The number of hydrogen-bond donors (Lipinski definition) is 4. The zero-order valence-electron chi connectivity index (χ0n) is 6.75. The van der Waals surface area contributed by atoms with Crippen LogP contribution in [0.3, 0.4) is 0 Å². The molecule has 0 unspecified atom stereocenters. The highest BCUT2D eigenvalue weighted by molar-refractivity contribution is 7.80. The molecule has 0 atom stereocenters. The van der Waals surface area contributed by atoms with Gasteiger partial charge in [0.05, 0.1) is 23.8 Å². The summed E-state index contributed by atoms with van der Waals surface area (Å²) in [5.74, 6) is 0.562. The average Bonchev–Trinajstić information content (AvgIpc) is 2.06. The van der Waals surface area contributed by atoms with Crippen LogP contribution in [0.2, 0.25) is 0 Å². The minimum atomic E-state index is -3.10. The van der Waals surface area contributed by atoms with Crippen LogP contribution < -0.4 is 0 Å². The van der Waals surface area contributed by atoms with E-state index in [1.807, 2.05) is 0 Å². The minimum absolute atomic E-state index is 0.140. The summed E-state index contributed by atoms with van der Waals surface area (Å²) in [4.78, 5) is 0. The first-order valence-electron chi connectivity index (χ1n) is 3.24. The molecule has 0 radical (unpaired) electrons. The fourth-order valence-electron chi connectivity index (χ4n) is 0.566. The minimum Gasteiger partial charge on any atom is -0.342 e. The van der Waals surface area contributed by atoms with Crippen LogP contribution in [0.4, 0.5) is 0 Å². The quantitative estimate of drug-likeness (QED) is 0.304. The maximum atomic E-state index is 5.14. The van der Waals surface area contributed by atoms with Crippen LogP contribution in [0.15, 0.2) is 0 Å². The molecule has 0 bridgehead atoms. The van der Waals surface area contributed by atoms with E-state index in [-0.39, 0.29) is 23.8 Å². The molecule has 0 saturated carbocycles. The summed E-state index contributed by atoms with van der Waals surface area (Å²) in [6.07, 6.45) is 0. The van der Waals surface area contributed by atoms with E-state index in [1.165, 1.54) is 0 Å². The van der Waals surface area contributed by atoms with Crippen molar-refractivity contribution in [1.82, 2.24) is 0 Å². The van der Waals surface area contributed by atoms with Gasteiger partial charge in [0, 0.05) is 0 Å². The summed E-state index contributed by atoms with van der Waals surface area (Å²) < 4.78 is 20.6. The molecule has 0 spiro atoms. The molecule has 0 aliphatic rings. The Bertz CT molecular complexity index is 99.2. The lowest BCUT2D eigenvalue weighted by atomic mass is 11.7. The predicted molar refractivity (Wildman–Crippen MR) is 65.5 cm³/mol. The lowest BCUT2D eigenvalue weighted by Gasteiger charge is -2.25. The highest BCUT2D eigenvalue weighted by atomic mass is 32.1. The second kappa shape index (κ2) is 8.74. The Kier molecular flexibility index (Phi) is 9.72. The second-order valence-corrected chi connectivity index (χ2v) is 4.78. The molecule has 0 fully saturated rings. The molecule has 9 heteroatoms. The Morgan fingerprint density at radius 3 is 1.00 bits per heavy atom. The maximum Gasteiger partial charge on any atom is 0.682 e. The molecule has 0 aromatic heterocycles. The first-order chi connectivity index (χ1) is 6.24. The first-order valence-corrected chi connectivity index (χ1v) is 7.40. The topological polar surface area (TPSA) is 36.9 Å². The molecule has 0 aromatic carbocycles. The lowest BCUT2D eigenvalue weighted by Crippen LogP contribution is -2.48. The first kappa shape index (κ1) is 14.5. The Morgan fingerprint density at radius 1 is 0.615 bits per heavy atom. The van der Waals surface area contributed by atoms with Gasteiger partial charge in [0.2, 0.25) is 0 Å². The van der Waals surface area contributed by atoms with E-state index in [4.69, 9.17) is 17.7 Å². The standard InChI is InChI=1S/C4H12O4S4Si/c9-1-5-13(6-2-10,7-3-11)8-4-12/h9-12H,1-4H2.